The quantitative estimate of drug-likeness (QED) is 0.857. The average molecular weight is 374 g/mol. The zero-order chi connectivity index (χ0) is 15.8. The Bertz CT molecular complexity index is 810. The van der Waals surface area contributed by atoms with Gasteiger partial charge < -0.3 is 9.52 Å². The summed E-state index contributed by atoms with van der Waals surface area (Å²) in [7, 11) is -3.91. The van der Waals surface area contributed by atoms with Crippen molar-refractivity contribution in [2.45, 2.75) is 18.7 Å². The van der Waals surface area contributed by atoms with Crippen molar-refractivity contribution in [3.63, 3.8) is 0 Å². The minimum Gasteiger partial charge on any atom is -0.475 e. The summed E-state index contributed by atoms with van der Waals surface area (Å²) in [5.74, 6) is -1.72. The van der Waals surface area contributed by atoms with Crippen LogP contribution in [0.2, 0.25) is 0 Å². The number of benzene rings is 1. The van der Waals surface area contributed by atoms with Gasteiger partial charge in [-0.25, -0.2) is 13.2 Å². The maximum Gasteiger partial charge on any atom is 0.371 e. The molecule has 0 aliphatic rings. The average Bonchev–Trinajstić information content (AvgIpc) is 2.77. The van der Waals surface area contributed by atoms with Gasteiger partial charge in [0.25, 0.3) is 10.0 Å². The number of carboxylic acid groups (broad SMARTS) is 1. The minimum atomic E-state index is -3.91. The van der Waals surface area contributed by atoms with Gasteiger partial charge in [0, 0.05) is 16.2 Å². The van der Waals surface area contributed by atoms with Crippen molar-refractivity contribution in [1.82, 2.24) is 0 Å². The van der Waals surface area contributed by atoms with Gasteiger partial charge in [0.05, 0.1) is 0 Å². The van der Waals surface area contributed by atoms with Crippen LogP contribution in [0.25, 0.3) is 0 Å². The molecule has 0 saturated heterocycles. The van der Waals surface area contributed by atoms with Crippen LogP contribution in [0, 0.1) is 13.8 Å². The number of rotatable bonds is 4. The number of halogens is 1. The second-order valence-corrected chi connectivity index (χ2v) is 6.91. The molecule has 1 aromatic carbocycles. The zero-order valence-corrected chi connectivity index (χ0v) is 13.6. The number of hydrogen-bond donors (Lipinski definition) is 2. The second-order valence-electron chi connectivity index (χ2n) is 4.41. The number of aryl methyl sites for hydroxylation is 2. The molecule has 0 radical (unpaired) electrons. The summed E-state index contributed by atoms with van der Waals surface area (Å²) in [6, 6.07) is 5.99. The van der Waals surface area contributed by atoms with E-state index < -0.39 is 21.8 Å². The second kappa shape index (κ2) is 5.53. The van der Waals surface area contributed by atoms with Crippen LogP contribution in [0.15, 0.2) is 38.1 Å². The fourth-order valence-corrected chi connectivity index (χ4v) is 3.31. The van der Waals surface area contributed by atoms with Gasteiger partial charge in [-0.15, -0.1) is 0 Å². The number of hydrogen-bond acceptors (Lipinski definition) is 4. The Morgan fingerprint density at radius 3 is 2.48 bits per heavy atom. The zero-order valence-electron chi connectivity index (χ0n) is 11.2. The Kier molecular flexibility index (Phi) is 4.11. The normalized spacial score (nSPS) is 11.4. The Labute approximate surface area is 130 Å². The van der Waals surface area contributed by atoms with E-state index in [0.29, 0.717) is 5.69 Å². The van der Waals surface area contributed by atoms with E-state index in [2.05, 4.69) is 20.7 Å². The number of carboxylic acids is 1. The first-order chi connectivity index (χ1) is 9.70. The van der Waals surface area contributed by atoms with Gasteiger partial charge in [0.2, 0.25) is 5.76 Å². The third-order valence-corrected chi connectivity index (χ3v) is 5.14. The Balaban J connectivity index is 2.38. The summed E-state index contributed by atoms with van der Waals surface area (Å²) in [5.41, 5.74) is 1.33. The van der Waals surface area contributed by atoms with Crippen molar-refractivity contribution in [2.75, 3.05) is 4.72 Å². The molecule has 0 fully saturated rings. The minimum absolute atomic E-state index is 0.0195. The number of furan rings is 1. The summed E-state index contributed by atoms with van der Waals surface area (Å²) >= 11 is 3.32. The lowest BCUT2D eigenvalue weighted by molar-refractivity contribution is 0.0661. The molecule has 0 unspecified atom stereocenters. The van der Waals surface area contributed by atoms with E-state index in [-0.39, 0.29) is 10.7 Å². The molecule has 2 aromatic rings. The highest BCUT2D eigenvalue weighted by Gasteiger charge is 2.24. The fourth-order valence-electron chi connectivity index (χ4n) is 1.70. The monoisotopic (exact) mass is 373 g/mol. The van der Waals surface area contributed by atoms with E-state index in [9.17, 15) is 13.2 Å². The van der Waals surface area contributed by atoms with Crippen molar-refractivity contribution in [1.29, 1.82) is 0 Å². The molecule has 2 N–H and O–H groups in total. The highest BCUT2D eigenvalue weighted by molar-refractivity contribution is 9.10. The van der Waals surface area contributed by atoms with E-state index in [0.717, 1.165) is 16.1 Å². The molecule has 0 spiro atoms. The smallest absolute Gasteiger partial charge is 0.371 e. The fraction of sp³-hybridized carbons (Fsp3) is 0.154. The van der Waals surface area contributed by atoms with Crippen LogP contribution in [-0.2, 0) is 10.0 Å². The van der Waals surface area contributed by atoms with Gasteiger partial charge in [0.15, 0.2) is 0 Å². The number of nitrogens with one attached hydrogen (secondary N) is 1. The lowest BCUT2D eigenvalue weighted by Crippen LogP contribution is -2.13. The molecular weight excluding hydrogens is 362 g/mol. The summed E-state index contributed by atoms with van der Waals surface area (Å²) in [6.07, 6.45) is 0. The molecule has 0 saturated carbocycles. The number of anilines is 1. The molecule has 21 heavy (non-hydrogen) atoms. The van der Waals surface area contributed by atoms with E-state index in [4.69, 9.17) is 9.52 Å². The lowest BCUT2D eigenvalue weighted by atomic mass is 10.2. The predicted molar refractivity (Wildman–Crippen MR) is 80.1 cm³/mol. The van der Waals surface area contributed by atoms with E-state index in [1.807, 2.05) is 6.92 Å². The molecule has 0 amide bonds. The van der Waals surface area contributed by atoms with Gasteiger partial charge in [-0.05, 0) is 31.5 Å². The molecular formula is C13H12BrNO5S. The summed E-state index contributed by atoms with van der Waals surface area (Å²) < 4.78 is 32.6. The van der Waals surface area contributed by atoms with Crippen molar-refractivity contribution >= 4 is 37.6 Å². The summed E-state index contributed by atoms with van der Waals surface area (Å²) in [6.45, 7) is 3.27. The molecule has 0 atom stereocenters. The van der Waals surface area contributed by atoms with Gasteiger partial charge in [-0.1, -0.05) is 22.0 Å². The lowest BCUT2D eigenvalue weighted by Gasteiger charge is -2.08. The molecule has 0 bridgehead atoms. The molecule has 0 aliphatic heterocycles. The Morgan fingerprint density at radius 2 is 1.95 bits per heavy atom. The first-order valence-electron chi connectivity index (χ1n) is 5.83. The van der Waals surface area contributed by atoms with Crippen molar-refractivity contribution in [3.8, 4) is 0 Å². The maximum atomic E-state index is 12.3. The third-order valence-electron chi connectivity index (χ3n) is 2.80. The van der Waals surface area contributed by atoms with Crippen LogP contribution in [0.1, 0.15) is 21.9 Å². The predicted octanol–water partition coefficient (Wildman–Crippen LogP) is 3.16. The van der Waals surface area contributed by atoms with Crippen LogP contribution < -0.4 is 4.72 Å². The van der Waals surface area contributed by atoms with Crippen LogP contribution in [0.4, 0.5) is 5.69 Å². The number of carbonyl (C=O) groups is 1. The van der Waals surface area contributed by atoms with Crippen LogP contribution in [0.3, 0.4) is 0 Å². The Hall–Kier alpha value is -1.80. The standard InChI is InChI=1S/C13H12BrNO5S/c1-7-3-4-9(5-10(7)14)15-21(18,19)12-6-11(13(16)17)20-8(12)2/h3-6,15H,1-2H3,(H,16,17). The molecule has 2 rings (SSSR count). The van der Waals surface area contributed by atoms with E-state index >= 15 is 0 Å². The molecule has 1 heterocycles. The summed E-state index contributed by atoms with van der Waals surface area (Å²) in [4.78, 5) is 10.6. The molecule has 1 aromatic heterocycles. The van der Waals surface area contributed by atoms with Crippen molar-refractivity contribution in [3.05, 3.63) is 45.8 Å². The highest BCUT2D eigenvalue weighted by Crippen LogP contribution is 2.25. The topological polar surface area (TPSA) is 96.6 Å². The van der Waals surface area contributed by atoms with Gasteiger partial charge in [-0.2, -0.15) is 0 Å². The number of sulfonamides is 1. The van der Waals surface area contributed by atoms with Crippen LogP contribution in [0.5, 0.6) is 0 Å². The third kappa shape index (κ3) is 3.27. The Morgan fingerprint density at radius 1 is 1.29 bits per heavy atom. The molecule has 0 aliphatic carbocycles. The van der Waals surface area contributed by atoms with Gasteiger partial charge in [-0.3, -0.25) is 4.72 Å². The first kappa shape index (κ1) is 15.6. The van der Waals surface area contributed by atoms with Gasteiger partial charge >= 0.3 is 5.97 Å². The van der Waals surface area contributed by atoms with Crippen LogP contribution >= 0.6 is 15.9 Å². The van der Waals surface area contributed by atoms with Crippen molar-refractivity contribution < 1.29 is 22.7 Å². The van der Waals surface area contributed by atoms with E-state index in [1.54, 1.807) is 18.2 Å². The highest BCUT2D eigenvalue weighted by atomic mass is 79.9. The number of aromatic carboxylic acids is 1. The molecule has 6 nitrogen and oxygen atoms in total. The van der Waals surface area contributed by atoms with E-state index in [1.165, 1.54) is 6.92 Å². The SMILES string of the molecule is Cc1ccc(NS(=O)(=O)c2cc(C(=O)O)oc2C)cc1Br. The molecule has 112 valence electrons. The first-order valence-corrected chi connectivity index (χ1v) is 8.11. The van der Waals surface area contributed by atoms with Gasteiger partial charge in [0.1, 0.15) is 10.7 Å². The maximum absolute atomic E-state index is 12.3. The molecule has 8 heteroatoms. The van der Waals surface area contributed by atoms with Crippen LogP contribution in [-0.4, -0.2) is 19.5 Å². The van der Waals surface area contributed by atoms with Crippen molar-refractivity contribution in [2.24, 2.45) is 0 Å². The summed E-state index contributed by atoms with van der Waals surface area (Å²) in [5, 5.41) is 8.83. The largest absolute Gasteiger partial charge is 0.475 e.